The molecule has 0 aromatic rings. The van der Waals surface area contributed by atoms with E-state index in [2.05, 4.69) is 5.32 Å². The second kappa shape index (κ2) is 5.44. The Bertz CT molecular complexity index is 221. The smallest absolute Gasteiger partial charge is 0.222 e. The van der Waals surface area contributed by atoms with E-state index < -0.39 is 18.3 Å². The van der Waals surface area contributed by atoms with Crippen molar-refractivity contribution in [1.82, 2.24) is 5.32 Å². The molecule has 0 aliphatic heterocycles. The van der Waals surface area contributed by atoms with Crippen molar-refractivity contribution < 1.29 is 20.1 Å². The van der Waals surface area contributed by atoms with Crippen LogP contribution in [0.1, 0.15) is 25.7 Å². The van der Waals surface area contributed by atoms with Crippen LogP contribution in [0.3, 0.4) is 0 Å². The van der Waals surface area contributed by atoms with E-state index in [1.54, 1.807) is 7.05 Å². The topological polar surface area (TPSA) is 89.8 Å². The highest BCUT2D eigenvalue weighted by atomic mass is 16.3. The van der Waals surface area contributed by atoms with Crippen LogP contribution >= 0.6 is 0 Å². The first-order valence-corrected chi connectivity index (χ1v) is 5.30. The summed E-state index contributed by atoms with van der Waals surface area (Å²) in [7, 11) is 1.54. The Balaban J connectivity index is 2.62. The van der Waals surface area contributed by atoms with E-state index in [0.29, 0.717) is 12.8 Å². The first-order valence-electron chi connectivity index (χ1n) is 5.30. The SMILES string of the molecule is CNC(=O)C1CCC(O)CC(O)C(O)C1. The van der Waals surface area contributed by atoms with Gasteiger partial charge in [-0.2, -0.15) is 0 Å². The number of aliphatic hydroxyl groups excluding tert-OH is 3. The summed E-state index contributed by atoms with van der Waals surface area (Å²) in [5, 5.41) is 31.0. The Kier molecular flexibility index (Phi) is 4.50. The molecule has 0 radical (unpaired) electrons. The monoisotopic (exact) mass is 217 g/mol. The maximum absolute atomic E-state index is 11.4. The lowest BCUT2D eigenvalue weighted by molar-refractivity contribution is -0.127. The van der Waals surface area contributed by atoms with Gasteiger partial charge in [-0.05, 0) is 19.3 Å². The van der Waals surface area contributed by atoms with Gasteiger partial charge in [0, 0.05) is 19.4 Å². The standard InChI is InChI=1S/C10H19NO4/c1-11-10(15)6-2-3-7(12)5-9(14)8(13)4-6/h6-9,12-14H,2-5H2,1H3,(H,11,15). The molecule has 4 atom stereocenters. The first-order chi connectivity index (χ1) is 7.04. The zero-order valence-corrected chi connectivity index (χ0v) is 8.89. The minimum absolute atomic E-state index is 0.143. The maximum Gasteiger partial charge on any atom is 0.222 e. The van der Waals surface area contributed by atoms with Crippen LogP contribution in [0.15, 0.2) is 0 Å². The lowest BCUT2D eigenvalue weighted by atomic mass is 9.86. The number of nitrogens with one attached hydrogen (secondary N) is 1. The molecule has 1 fully saturated rings. The molecular formula is C10H19NO4. The third-order valence-electron chi connectivity index (χ3n) is 2.95. The molecule has 1 aliphatic carbocycles. The molecule has 0 bridgehead atoms. The molecule has 88 valence electrons. The predicted molar refractivity (Wildman–Crippen MR) is 54.0 cm³/mol. The van der Waals surface area contributed by atoms with Crippen molar-refractivity contribution in [2.24, 2.45) is 5.92 Å². The molecule has 1 rings (SSSR count). The van der Waals surface area contributed by atoms with Crippen molar-refractivity contribution in [3.05, 3.63) is 0 Å². The number of rotatable bonds is 1. The summed E-state index contributed by atoms with van der Waals surface area (Å²) in [6, 6.07) is 0. The molecule has 15 heavy (non-hydrogen) atoms. The van der Waals surface area contributed by atoms with Crippen LogP contribution < -0.4 is 5.32 Å². The molecule has 1 aliphatic rings. The van der Waals surface area contributed by atoms with Crippen LogP contribution in [0.5, 0.6) is 0 Å². The van der Waals surface area contributed by atoms with E-state index in [1.807, 2.05) is 0 Å². The third kappa shape index (κ3) is 3.44. The molecule has 0 heterocycles. The number of carbonyl (C=O) groups is 1. The van der Waals surface area contributed by atoms with Gasteiger partial charge < -0.3 is 20.6 Å². The van der Waals surface area contributed by atoms with Crippen molar-refractivity contribution in [3.8, 4) is 0 Å². The number of amides is 1. The second-order valence-electron chi connectivity index (χ2n) is 4.15. The van der Waals surface area contributed by atoms with E-state index in [0.717, 1.165) is 0 Å². The second-order valence-corrected chi connectivity index (χ2v) is 4.15. The van der Waals surface area contributed by atoms with Gasteiger partial charge in [0.25, 0.3) is 0 Å². The molecule has 5 nitrogen and oxygen atoms in total. The quantitative estimate of drug-likeness (QED) is 0.454. The summed E-state index contributed by atoms with van der Waals surface area (Å²) < 4.78 is 0. The van der Waals surface area contributed by atoms with Crippen LogP contribution in [0, 0.1) is 5.92 Å². The maximum atomic E-state index is 11.4. The van der Waals surface area contributed by atoms with Crippen LogP contribution in [0.2, 0.25) is 0 Å². The number of carbonyl (C=O) groups excluding carboxylic acids is 1. The van der Waals surface area contributed by atoms with Gasteiger partial charge in [0.1, 0.15) is 0 Å². The molecule has 1 amide bonds. The van der Waals surface area contributed by atoms with E-state index in [-0.39, 0.29) is 24.7 Å². The minimum atomic E-state index is -0.938. The molecule has 0 saturated heterocycles. The lowest BCUT2D eigenvalue weighted by Gasteiger charge is -2.28. The van der Waals surface area contributed by atoms with Crippen molar-refractivity contribution >= 4 is 5.91 Å². The third-order valence-corrected chi connectivity index (χ3v) is 2.95. The Morgan fingerprint density at radius 2 is 1.73 bits per heavy atom. The van der Waals surface area contributed by atoms with Gasteiger partial charge in [-0.25, -0.2) is 0 Å². The van der Waals surface area contributed by atoms with Crippen molar-refractivity contribution in [1.29, 1.82) is 0 Å². The molecular weight excluding hydrogens is 198 g/mol. The average Bonchev–Trinajstić information content (AvgIpc) is 2.20. The Hall–Kier alpha value is -0.650. The Morgan fingerprint density at radius 3 is 2.33 bits per heavy atom. The number of hydrogen-bond acceptors (Lipinski definition) is 4. The fraction of sp³-hybridized carbons (Fsp3) is 0.900. The average molecular weight is 217 g/mol. The van der Waals surface area contributed by atoms with Crippen molar-refractivity contribution in [3.63, 3.8) is 0 Å². The molecule has 0 spiro atoms. The van der Waals surface area contributed by atoms with Gasteiger partial charge in [0.05, 0.1) is 18.3 Å². The van der Waals surface area contributed by atoms with Gasteiger partial charge in [0.15, 0.2) is 0 Å². The Morgan fingerprint density at radius 1 is 1.13 bits per heavy atom. The van der Waals surface area contributed by atoms with Gasteiger partial charge in [-0.15, -0.1) is 0 Å². The zero-order chi connectivity index (χ0) is 11.4. The normalized spacial score (nSPS) is 37.9. The highest BCUT2D eigenvalue weighted by Gasteiger charge is 2.30. The van der Waals surface area contributed by atoms with Gasteiger partial charge in [-0.1, -0.05) is 0 Å². The highest BCUT2D eigenvalue weighted by Crippen LogP contribution is 2.23. The molecule has 4 unspecified atom stereocenters. The van der Waals surface area contributed by atoms with E-state index in [1.165, 1.54) is 0 Å². The van der Waals surface area contributed by atoms with E-state index in [9.17, 15) is 20.1 Å². The number of hydrogen-bond donors (Lipinski definition) is 4. The predicted octanol–water partition coefficient (Wildman–Crippen LogP) is -0.995. The van der Waals surface area contributed by atoms with Crippen molar-refractivity contribution in [2.45, 2.75) is 44.0 Å². The van der Waals surface area contributed by atoms with Gasteiger partial charge in [0.2, 0.25) is 5.91 Å². The van der Waals surface area contributed by atoms with Gasteiger partial charge >= 0.3 is 0 Å². The first kappa shape index (κ1) is 12.4. The van der Waals surface area contributed by atoms with Crippen molar-refractivity contribution in [2.75, 3.05) is 7.05 Å². The summed E-state index contributed by atoms with van der Waals surface area (Å²) in [6.07, 6.45) is -1.03. The molecule has 1 saturated carbocycles. The summed E-state index contributed by atoms with van der Waals surface area (Å²) >= 11 is 0. The summed E-state index contributed by atoms with van der Waals surface area (Å²) in [6.45, 7) is 0. The molecule has 5 heteroatoms. The summed E-state index contributed by atoms with van der Waals surface area (Å²) in [5.74, 6) is -0.468. The van der Waals surface area contributed by atoms with Crippen LogP contribution in [-0.4, -0.2) is 46.6 Å². The van der Waals surface area contributed by atoms with E-state index in [4.69, 9.17) is 0 Å². The molecule has 4 N–H and O–H groups in total. The van der Waals surface area contributed by atoms with Gasteiger partial charge in [-0.3, -0.25) is 4.79 Å². The van der Waals surface area contributed by atoms with E-state index >= 15 is 0 Å². The fourth-order valence-electron chi connectivity index (χ4n) is 1.96. The summed E-state index contributed by atoms with van der Waals surface area (Å²) in [5.41, 5.74) is 0. The molecule has 0 aromatic heterocycles. The fourth-order valence-corrected chi connectivity index (χ4v) is 1.96. The van der Waals surface area contributed by atoms with Crippen LogP contribution in [0.25, 0.3) is 0 Å². The number of aliphatic hydroxyl groups is 3. The zero-order valence-electron chi connectivity index (χ0n) is 8.89. The molecule has 0 aromatic carbocycles. The lowest BCUT2D eigenvalue weighted by Crippen LogP contribution is -2.38. The minimum Gasteiger partial charge on any atom is -0.393 e. The van der Waals surface area contributed by atoms with Crippen LogP contribution in [0.4, 0.5) is 0 Å². The Labute approximate surface area is 89.1 Å². The largest absolute Gasteiger partial charge is 0.393 e. The highest BCUT2D eigenvalue weighted by molar-refractivity contribution is 5.78. The summed E-state index contributed by atoms with van der Waals surface area (Å²) in [4.78, 5) is 11.4. The van der Waals surface area contributed by atoms with Crippen LogP contribution in [-0.2, 0) is 4.79 Å².